The normalized spacial score (nSPS) is 11.5. The molecule has 44 heavy (non-hydrogen) atoms. The molecule has 0 aliphatic rings. The van der Waals surface area contributed by atoms with Gasteiger partial charge in [0.15, 0.2) is 0 Å². The molecule has 0 spiro atoms. The average Bonchev–Trinajstić information content (AvgIpc) is 3.07. The molecule has 0 aliphatic carbocycles. The summed E-state index contributed by atoms with van der Waals surface area (Å²) in [7, 11) is 0. The van der Waals surface area contributed by atoms with Crippen LogP contribution in [0.4, 0.5) is 0 Å². The van der Waals surface area contributed by atoms with Gasteiger partial charge in [-0.05, 0) is 23.1 Å². The van der Waals surface area contributed by atoms with E-state index in [1.165, 1.54) is 19.3 Å². The highest BCUT2D eigenvalue weighted by Crippen LogP contribution is 2.40. The maximum absolute atomic E-state index is 11.7. The Morgan fingerprint density at radius 3 is 1.32 bits per heavy atom. The van der Waals surface area contributed by atoms with Gasteiger partial charge in [-0.25, -0.2) is 0 Å². The van der Waals surface area contributed by atoms with E-state index in [2.05, 4.69) is 43.3 Å². The summed E-state index contributed by atoms with van der Waals surface area (Å²) in [5, 5.41) is 0. The van der Waals surface area contributed by atoms with Crippen LogP contribution in [0.2, 0.25) is 0 Å². The van der Waals surface area contributed by atoms with Crippen LogP contribution < -0.4 is 0 Å². The first kappa shape index (κ1) is 35.4. The topological polar surface area (TPSA) is 72.5 Å². The van der Waals surface area contributed by atoms with E-state index >= 15 is 0 Å². The lowest BCUT2D eigenvalue weighted by Gasteiger charge is -2.36. The van der Waals surface area contributed by atoms with Crippen LogP contribution in [0.5, 0.6) is 0 Å². The summed E-state index contributed by atoms with van der Waals surface area (Å²) in [6.07, 6.45) is 6.08. The van der Waals surface area contributed by atoms with E-state index in [0.29, 0.717) is 65.9 Å². The quantitative estimate of drug-likeness (QED) is 0.0586. The van der Waals surface area contributed by atoms with Crippen molar-refractivity contribution in [3.63, 3.8) is 0 Å². The first-order valence-electron chi connectivity index (χ1n) is 16.0. The maximum atomic E-state index is 11.7. The number of rotatable bonds is 25. The number of hydrogen-bond acceptors (Lipinski definition) is 7. The second kappa shape index (κ2) is 22.4. The molecule has 3 rings (SSSR count). The fraction of sp³-hybridized carbons (Fsp3) is 0.486. The first-order chi connectivity index (χ1) is 21.8. The summed E-state index contributed by atoms with van der Waals surface area (Å²) in [6.45, 7) is 6.53. The zero-order chi connectivity index (χ0) is 31.0. The average molecular weight is 607 g/mol. The molecule has 3 aromatic rings. The summed E-state index contributed by atoms with van der Waals surface area (Å²) in [5.74, 6) is -0.144. The van der Waals surface area contributed by atoms with Gasteiger partial charge in [-0.2, -0.15) is 0 Å². The highest BCUT2D eigenvalue weighted by molar-refractivity contribution is 5.69. The molecule has 0 saturated carbocycles. The Morgan fingerprint density at radius 1 is 0.500 bits per heavy atom. The molecule has 0 amide bonds. The zero-order valence-electron chi connectivity index (χ0n) is 26.3. The lowest BCUT2D eigenvalue weighted by molar-refractivity contribution is -0.145. The van der Waals surface area contributed by atoms with Gasteiger partial charge in [-0.1, -0.05) is 124 Å². The predicted octanol–water partition coefficient (Wildman–Crippen LogP) is 6.97. The van der Waals surface area contributed by atoms with E-state index in [-0.39, 0.29) is 12.6 Å². The molecule has 0 aliphatic heterocycles. The van der Waals surface area contributed by atoms with E-state index in [1.807, 2.05) is 54.6 Å². The summed E-state index contributed by atoms with van der Waals surface area (Å²) in [6, 6.07) is 31.0. The van der Waals surface area contributed by atoms with Crippen molar-refractivity contribution < 1.29 is 33.2 Å². The second-order valence-electron chi connectivity index (χ2n) is 10.5. The Bertz CT molecular complexity index is 1010. The lowest BCUT2D eigenvalue weighted by Crippen LogP contribution is -2.34. The maximum Gasteiger partial charge on any atom is 0.305 e. The molecule has 0 radical (unpaired) electrons. The van der Waals surface area contributed by atoms with Crippen molar-refractivity contribution >= 4 is 5.97 Å². The minimum absolute atomic E-state index is 0.144. The molecule has 0 aromatic heterocycles. The summed E-state index contributed by atoms with van der Waals surface area (Å²) < 4.78 is 34.3. The molecule has 7 nitrogen and oxygen atoms in total. The standard InChI is InChI=1S/C37H50O7/c1-2-3-4-5-15-22-36(38)43-31-29-41-27-25-39-23-24-40-26-28-42-30-32-44-37(33-16-9-6-10-17-33,34-18-11-7-12-19-34)35-20-13-8-14-21-35/h6-14,16-21H,2-5,15,22-32H2,1H3. The molecule has 0 N–H and O–H groups in total. The fourth-order valence-corrected chi connectivity index (χ4v) is 4.94. The summed E-state index contributed by atoms with van der Waals surface area (Å²) >= 11 is 0. The third-order valence-corrected chi connectivity index (χ3v) is 7.18. The van der Waals surface area contributed by atoms with E-state index in [1.54, 1.807) is 0 Å². The Morgan fingerprint density at radius 2 is 0.886 bits per heavy atom. The highest BCUT2D eigenvalue weighted by atomic mass is 16.6. The lowest BCUT2D eigenvalue weighted by atomic mass is 9.80. The van der Waals surface area contributed by atoms with Gasteiger partial charge in [-0.15, -0.1) is 0 Å². The van der Waals surface area contributed by atoms with Gasteiger partial charge in [0.2, 0.25) is 0 Å². The van der Waals surface area contributed by atoms with Crippen LogP contribution in [0.1, 0.15) is 62.1 Å². The van der Waals surface area contributed by atoms with Crippen molar-refractivity contribution in [3.8, 4) is 0 Å². The smallest absolute Gasteiger partial charge is 0.305 e. The van der Waals surface area contributed by atoms with Crippen LogP contribution in [0, 0.1) is 0 Å². The number of unbranched alkanes of at least 4 members (excludes halogenated alkanes) is 4. The molecule has 0 saturated heterocycles. The van der Waals surface area contributed by atoms with E-state index in [9.17, 15) is 4.79 Å². The highest BCUT2D eigenvalue weighted by Gasteiger charge is 2.37. The number of hydrogen-bond donors (Lipinski definition) is 0. The minimum atomic E-state index is -0.747. The summed E-state index contributed by atoms with van der Waals surface area (Å²) in [4.78, 5) is 11.7. The number of benzene rings is 3. The third kappa shape index (κ3) is 12.9. The van der Waals surface area contributed by atoms with Gasteiger partial charge >= 0.3 is 5.97 Å². The molecular weight excluding hydrogens is 556 g/mol. The third-order valence-electron chi connectivity index (χ3n) is 7.18. The number of ether oxygens (including phenoxy) is 6. The molecule has 240 valence electrons. The molecule has 0 atom stereocenters. The van der Waals surface area contributed by atoms with E-state index < -0.39 is 5.60 Å². The van der Waals surface area contributed by atoms with Crippen LogP contribution >= 0.6 is 0 Å². The number of esters is 1. The van der Waals surface area contributed by atoms with Gasteiger partial charge in [0, 0.05) is 6.42 Å². The van der Waals surface area contributed by atoms with Crippen molar-refractivity contribution in [2.45, 2.75) is 51.0 Å². The molecule has 3 aromatic carbocycles. The molecular formula is C37H50O7. The predicted molar refractivity (Wildman–Crippen MR) is 173 cm³/mol. The van der Waals surface area contributed by atoms with Gasteiger partial charge < -0.3 is 28.4 Å². The second-order valence-corrected chi connectivity index (χ2v) is 10.5. The Kier molecular flexibility index (Phi) is 18.1. The van der Waals surface area contributed by atoms with Crippen molar-refractivity contribution in [2.24, 2.45) is 0 Å². The van der Waals surface area contributed by atoms with Crippen molar-refractivity contribution in [2.75, 3.05) is 66.1 Å². The number of carbonyl (C=O) groups excluding carboxylic acids is 1. The first-order valence-corrected chi connectivity index (χ1v) is 16.0. The fourth-order valence-electron chi connectivity index (χ4n) is 4.94. The largest absolute Gasteiger partial charge is 0.463 e. The van der Waals surface area contributed by atoms with Crippen molar-refractivity contribution in [1.29, 1.82) is 0 Å². The zero-order valence-corrected chi connectivity index (χ0v) is 26.3. The Balaban J connectivity index is 1.24. The molecule has 0 heterocycles. The van der Waals surface area contributed by atoms with Crippen LogP contribution in [-0.2, 0) is 38.8 Å². The van der Waals surface area contributed by atoms with Crippen LogP contribution in [0.15, 0.2) is 91.0 Å². The van der Waals surface area contributed by atoms with Crippen LogP contribution in [0.3, 0.4) is 0 Å². The van der Waals surface area contributed by atoms with E-state index in [0.717, 1.165) is 29.5 Å². The molecule has 0 unspecified atom stereocenters. The van der Waals surface area contributed by atoms with Gasteiger partial charge in [0.25, 0.3) is 0 Å². The Hall–Kier alpha value is -3.07. The monoisotopic (exact) mass is 606 g/mol. The SMILES string of the molecule is CCCCCCCC(=O)OCCOCCOCCOCCOCCOC(c1ccccc1)(c1ccccc1)c1ccccc1. The van der Waals surface area contributed by atoms with Crippen LogP contribution in [-0.4, -0.2) is 72.0 Å². The van der Waals surface area contributed by atoms with Gasteiger partial charge in [-0.3, -0.25) is 4.79 Å². The van der Waals surface area contributed by atoms with Crippen molar-refractivity contribution in [3.05, 3.63) is 108 Å². The molecule has 7 heteroatoms. The molecule has 0 bridgehead atoms. The van der Waals surface area contributed by atoms with Crippen LogP contribution in [0.25, 0.3) is 0 Å². The van der Waals surface area contributed by atoms with Crippen molar-refractivity contribution in [1.82, 2.24) is 0 Å². The van der Waals surface area contributed by atoms with Gasteiger partial charge in [0.1, 0.15) is 12.2 Å². The van der Waals surface area contributed by atoms with E-state index in [4.69, 9.17) is 28.4 Å². The minimum Gasteiger partial charge on any atom is -0.463 e. The number of carbonyl (C=O) groups is 1. The van der Waals surface area contributed by atoms with Gasteiger partial charge in [0.05, 0.1) is 59.5 Å². The summed E-state index contributed by atoms with van der Waals surface area (Å²) in [5.41, 5.74) is 2.46. The Labute approximate surface area is 263 Å². The molecule has 0 fully saturated rings.